The molecule has 4 heterocycles. The fourth-order valence-electron chi connectivity index (χ4n) is 10.4. The highest BCUT2D eigenvalue weighted by Gasteiger charge is 2.24. The maximum atomic E-state index is 12.7. The predicted molar refractivity (Wildman–Crippen MR) is 399 cm³/mol. The van der Waals surface area contributed by atoms with Gasteiger partial charge in [0, 0.05) is 78.2 Å². The van der Waals surface area contributed by atoms with Crippen LogP contribution in [0.4, 0.5) is 0 Å². The minimum Gasteiger partial charge on any atom is -0.478 e. The number of thioether (sulfide) groups is 3. The minimum atomic E-state index is -3.38. The number of benzene rings is 5. The topological polar surface area (TPSA) is 123 Å². The molecule has 1 aliphatic carbocycles. The molecule has 10 rings (SSSR count). The Morgan fingerprint density at radius 1 is 0.462 bits per heavy atom. The Morgan fingerprint density at radius 2 is 0.839 bits per heavy atom. The highest BCUT2D eigenvalue weighted by Crippen LogP contribution is 2.40. The second-order valence-corrected chi connectivity index (χ2v) is 30.2. The molecule has 0 saturated heterocycles. The second kappa shape index (κ2) is 37.6. The molecular weight excluding hydrogens is 1230 g/mol. The summed E-state index contributed by atoms with van der Waals surface area (Å²) in [6.07, 6.45) is 5.85. The van der Waals surface area contributed by atoms with Gasteiger partial charge in [-0.1, -0.05) is 169 Å². The summed E-state index contributed by atoms with van der Waals surface area (Å²) in [5.74, 6) is 14.7. The molecule has 1 fully saturated rings. The van der Waals surface area contributed by atoms with Gasteiger partial charge in [-0.25, -0.2) is 28.4 Å². The van der Waals surface area contributed by atoms with E-state index in [0.717, 1.165) is 68.8 Å². The van der Waals surface area contributed by atoms with Crippen LogP contribution in [0, 0.1) is 29.6 Å². The zero-order valence-corrected chi connectivity index (χ0v) is 61.9. The van der Waals surface area contributed by atoms with Crippen LogP contribution in [0.25, 0.3) is 43.6 Å². The molecule has 1 aliphatic rings. The largest absolute Gasteiger partial charge is 0.478 e. The highest BCUT2D eigenvalue weighted by molar-refractivity contribution is 7.99. The van der Waals surface area contributed by atoms with E-state index in [1.54, 1.807) is 23.9 Å². The van der Waals surface area contributed by atoms with Gasteiger partial charge in [-0.2, -0.15) is 0 Å². The lowest BCUT2D eigenvalue weighted by Gasteiger charge is -2.15. The number of pyridine rings is 4. The van der Waals surface area contributed by atoms with Crippen molar-refractivity contribution in [2.24, 2.45) is 17.8 Å². The van der Waals surface area contributed by atoms with Gasteiger partial charge in [0.15, 0.2) is 9.84 Å². The number of hydrogen-bond donors (Lipinski definition) is 0. The second-order valence-electron chi connectivity index (χ2n) is 25.0. The fraction of sp³-hybridized carbons (Fsp3) is 0.443. The van der Waals surface area contributed by atoms with Crippen molar-refractivity contribution in [1.29, 1.82) is 0 Å². The average Bonchev–Trinajstić information content (AvgIpc) is 0.930. The van der Waals surface area contributed by atoms with E-state index in [1.807, 2.05) is 108 Å². The van der Waals surface area contributed by atoms with Crippen LogP contribution in [0.2, 0.25) is 0 Å². The molecule has 93 heavy (non-hydrogen) atoms. The molecule has 9 aromatic rings. The highest BCUT2D eigenvalue weighted by atomic mass is 32.2. The SMILES string of the molecule is CC(C)CC#Cc1ccccc1.CCOc1cc(C(C)C)c2cccc(S(=O)(=O)CC(C)C)c2n1.CCOc1cc(C(C)C)c2cccc(SC)c2n1.CCOc1cc(C(C)C)c2cccc(SCC)c2n1.CCOc1cc(C(C)C)c2cccc(SCC3CC3)c2n1. The van der Waals surface area contributed by atoms with E-state index in [4.69, 9.17) is 23.9 Å². The van der Waals surface area contributed by atoms with Crippen molar-refractivity contribution in [3.63, 3.8) is 0 Å². The summed E-state index contributed by atoms with van der Waals surface area (Å²) in [5, 5.41) is 4.64. The third-order valence-electron chi connectivity index (χ3n) is 15.0. The molecule has 0 atom stereocenters. The number of fused-ring (bicyclic) bond motifs is 4. The van der Waals surface area contributed by atoms with Crippen LogP contribution < -0.4 is 18.9 Å². The molecule has 498 valence electrons. The molecule has 0 N–H and O–H groups in total. The third kappa shape index (κ3) is 22.3. The monoisotopic (exact) mass is 1330 g/mol. The van der Waals surface area contributed by atoms with Gasteiger partial charge in [0.25, 0.3) is 0 Å². The normalized spacial score (nSPS) is 12.0. The summed E-state index contributed by atoms with van der Waals surface area (Å²) >= 11 is 5.51. The van der Waals surface area contributed by atoms with Crippen molar-refractivity contribution in [2.75, 3.05) is 49.9 Å². The summed E-state index contributed by atoms with van der Waals surface area (Å²) < 4.78 is 47.9. The first-order valence-corrected chi connectivity index (χ1v) is 38.2. The number of hydrogen-bond acceptors (Lipinski definition) is 13. The van der Waals surface area contributed by atoms with Crippen LogP contribution in [0.15, 0.2) is 147 Å². The van der Waals surface area contributed by atoms with E-state index in [2.05, 4.69) is 182 Å². The minimum absolute atomic E-state index is 0.0647. The van der Waals surface area contributed by atoms with E-state index in [0.29, 0.717) is 66.4 Å². The first-order valence-electron chi connectivity index (χ1n) is 33.4. The van der Waals surface area contributed by atoms with Crippen LogP contribution >= 0.6 is 35.3 Å². The van der Waals surface area contributed by atoms with Crippen molar-refractivity contribution in [1.82, 2.24) is 19.9 Å². The zero-order chi connectivity index (χ0) is 67.8. The van der Waals surface area contributed by atoms with E-state index in [1.165, 1.54) is 66.1 Å². The Balaban J connectivity index is 0.000000187. The molecule has 1 saturated carbocycles. The van der Waals surface area contributed by atoms with Gasteiger partial charge in [0.2, 0.25) is 23.5 Å². The van der Waals surface area contributed by atoms with Crippen molar-refractivity contribution in [3.8, 4) is 35.4 Å². The molecule has 10 nitrogen and oxygen atoms in total. The Morgan fingerprint density at radius 3 is 1.20 bits per heavy atom. The first-order chi connectivity index (χ1) is 44.6. The Kier molecular flexibility index (Phi) is 30.5. The fourth-order valence-corrected chi connectivity index (χ4v) is 14.7. The molecule has 0 spiro atoms. The van der Waals surface area contributed by atoms with Crippen molar-refractivity contribution >= 4 is 88.7 Å². The summed E-state index contributed by atoms with van der Waals surface area (Å²) in [6, 6.07) is 43.0. The number of aromatic nitrogens is 4. The van der Waals surface area contributed by atoms with Gasteiger partial charge < -0.3 is 18.9 Å². The molecule has 4 aromatic heterocycles. The lowest BCUT2D eigenvalue weighted by atomic mass is 9.99. The number of para-hydroxylation sites is 4. The summed E-state index contributed by atoms with van der Waals surface area (Å²) in [6.45, 7) is 38.1. The van der Waals surface area contributed by atoms with Crippen LogP contribution in [0.1, 0.15) is 188 Å². The van der Waals surface area contributed by atoms with E-state index in [9.17, 15) is 8.42 Å². The Bertz CT molecular complexity index is 4010. The number of nitrogens with zero attached hydrogens (tertiary/aromatic N) is 4. The van der Waals surface area contributed by atoms with Gasteiger partial charge >= 0.3 is 0 Å². The lowest BCUT2D eigenvalue weighted by molar-refractivity contribution is 0.327. The molecule has 0 unspecified atom stereocenters. The lowest BCUT2D eigenvalue weighted by Crippen LogP contribution is -2.13. The van der Waals surface area contributed by atoms with Crippen molar-refractivity contribution in [2.45, 2.75) is 180 Å². The van der Waals surface area contributed by atoms with Gasteiger partial charge in [-0.05, 0) is 153 Å². The first kappa shape index (κ1) is 75.5. The zero-order valence-electron chi connectivity index (χ0n) is 58.6. The smallest absolute Gasteiger partial charge is 0.214 e. The maximum absolute atomic E-state index is 12.7. The summed E-state index contributed by atoms with van der Waals surface area (Å²) in [4.78, 5) is 22.6. The molecule has 0 aliphatic heterocycles. The van der Waals surface area contributed by atoms with E-state index < -0.39 is 9.84 Å². The number of sulfone groups is 1. The van der Waals surface area contributed by atoms with Gasteiger partial charge in [-0.3, -0.25) is 0 Å². The van der Waals surface area contributed by atoms with E-state index >= 15 is 0 Å². The predicted octanol–water partition coefficient (Wildman–Crippen LogP) is 21.9. The number of rotatable bonds is 22. The Labute approximate surface area is 570 Å². The maximum Gasteiger partial charge on any atom is 0.214 e. The molecule has 0 bridgehead atoms. The van der Waals surface area contributed by atoms with Crippen molar-refractivity contribution in [3.05, 3.63) is 155 Å². The number of ether oxygens (including phenoxy) is 4. The van der Waals surface area contributed by atoms with Crippen LogP contribution in [-0.4, -0.2) is 78.3 Å². The molecule has 14 heteroatoms. The van der Waals surface area contributed by atoms with Crippen LogP contribution in [0.3, 0.4) is 0 Å². The standard InChI is InChI=1S/C18H25NO3S.C18H23NOS.C16H21NOS.C15H19NOS.C12H14/c1-6-22-17-10-15(13(4)5)14-8-7-9-16(18(14)19-17)23(20,21)11-12(2)3;1-4-20-17-10-15(12(2)3)14-6-5-7-16(18(14)19-17)21-11-13-8-9-13;1-5-18-15-10-13(11(3)4)12-8-7-9-14(19-6-2)16(12)17-15;1-5-17-14-9-12(10(2)3)11-7-6-8-13(18-4)15(11)16-14;1-11(2)7-6-10-12-8-4-3-5-9-12/h7-10,12-13H,6,11H2,1-5H3;5-7,10,12-13H,4,8-9,11H2,1-3H3;7-11H,5-6H2,1-4H3;6-10H,5H2,1-4H3;3-5,8-9,11H,7H2,1-2H3. The molecule has 0 radical (unpaired) electrons. The van der Waals surface area contributed by atoms with Crippen LogP contribution in [-0.2, 0) is 9.84 Å². The van der Waals surface area contributed by atoms with Gasteiger partial charge in [0.1, 0.15) is 0 Å². The van der Waals surface area contributed by atoms with E-state index in [-0.39, 0.29) is 17.6 Å². The quantitative estimate of drug-likeness (QED) is 0.0473. The Hall–Kier alpha value is -6.50. The summed E-state index contributed by atoms with van der Waals surface area (Å²) in [7, 11) is -3.38. The van der Waals surface area contributed by atoms with Gasteiger partial charge in [-0.15, -0.1) is 35.3 Å². The summed E-state index contributed by atoms with van der Waals surface area (Å²) in [5.41, 5.74) is 9.87. The molecule has 5 aromatic carbocycles. The van der Waals surface area contributed by atoms with Gasteiger partial charge in [0.05, 0.1) is 59.1 Å². The third-order valence-corrected chi connectivity index (χ3v) is 20.1. The van der Waals surface area contributed by atoms with Crippen LogP contribution in [0.5, 0.6) is 23.5 Å². The average molecular weight is 1330 g/mol. The molecular formula is C79H102N4O6S4. The molecule has 0 amide bonds. The van der Waals surface area contributed by atoms with Crippen molar-refractivity contribution < 1.29 is 27.4 Å².